The van der Waals surface area contributed by atoms with Crippen molar-refractivity contribution in [2.45, 2.75) is 160 Å². The molecule has 1 aromatic carbocycles. The first-order valence-electron chi connectivity index (χ1n) is 22.3. The van der Waals surface area contributed by atoms with Crippen LogP contribution in [0.3, 0.4) is 0 Å². The van der Waals surface area contributed by atoms with Gasteiger partial charge in [-0.3, -0.25) is 19.2 Å². The summed E-state index contributed by atoms with van der Waals surface area (Å²) < 4.78 is 33.7. The molecule has 1 aromatic heterocycles. The zero-order valence-corrected chi connectivity index (χ0v) is 37.9. The number of aromatic nitrogens is 3. The van der Waals surface area contributed by atoms with Gasteiger partial charge in [-0.2, -0.15) is 0 Å². The predicted octanol–water partition coefficient (Wildman–Crippen LogP) is 4.67. The molecule has 1 unspecified atom stereocenters. The molecule has 340 valence electrons. The molecule has 4 aliphatic rings. The number of carbonyl (C=O) groups is 3. The first-order chi connectivity index (χ1) is 28.9. The topological polar surface area (TPSA) is 193 Å². The number of esters is 1. The molecule has 0 radical (unpaired) electrons. The lowest BCUT2D eigenvalue weighted by Gasteiger charge is -2.46. The van der Waals surface area contributed by atoms with E-state index in [0.717, 1.165) is 30.5 Å². The van der Waals surface area contributed by atoms with Crippen molar-refractivity contribution in [2.24, 2.45) is 23.7 Å². The largest absolute Gasteiger partial charge is 0.458 e. The summed E-state index contributed by atoms with van der Waals surface area (Å²) in [6.07, 6.45) is 2.33. The SMILES string of the molecule is CC[C@H]1OC(=O)[C@H](C)C(=O)[C@H](C)[C@@H](O[C@@H]2O[C@H](C)CC(N(C)C)[C@H]2O)[C@](C)(OC)C[C@@H](C)CN[C@H](C2CC2)[C@H]2N(CCCCn3cc(-c4cccc(N)c4)nn3)C(=O)O[C@]12C. The van der Waals surface area contributed by atoms with Crippen molar-refractivity contribution in [3.8, 4) is 11.3 Å². The van der Waals surface area contributed by atoms with Crippen LogP contribution in [0, 0.1) is 23.7 Å². The number of hydrogen-bond acceptors (Lipinski definition) is 14. The van der Waals surface area contributed by atoms with Crippen molar-refractivity contribution in [1.29, 1.82) is 0 Å². The number of aliphatic hydroxyl groups excluding tert-OH is 1. The summed E-state index contributed by atoms with van der Waals surface area (Å²) in [6.45, 7) is 14.7. The number of cyclic esters (lactones) is 1. The summed E-state index contributed by atoms with van der Waals surface area (Å²) in [5.41, 5.74) is 6.02. The molecule has 0 spiro atoms. The molecule has 3 aliphatic heterocycles. The molecule has 6 rings (SSSR count). The Morgan fingerprint density at radius 3 is 2.46 bits per heavy atom. The molecule has 61 heavy (non-hydrogen) atoms. The van der Waals surface area contributed by atoms with Gasteiger partial charge in [-0.25, -0.2) is 4.79 Å². The van der Waals surface area contributed by atoms with Gasteiger partial charge in [-0.1, -0.05) is 38.1 Å². The van der Waals surface area contributed by atoms with Crippen LogP contribution in [-0.2, 0) is 39.8 Å². The molecule has 4 fully saturated rings. The number of hydrogen-bond donors (Lipinski definition) is 3. The van der Waals surface area contributed by atoms with E-state index in [-0.39, 0.29) is 35.8 Å². The van der Waals surface area contributed by atoms with Gasteiger partial charge in [-0.05, 0) is 117 Å². The number of amides is 1. The summed E-state index contributed by atoms with van der Waals surface area (Å²) in [5.74, 6) is -2.83. The molecule has 0 bridgehead atoms. The summed E-state index contributed by atoms with van der Waals surface area (Å²) in [5, 5.41) is 24.0. The van der Waals surface area contributed by atoms with E-state index in [9.17, 15) is 19.5 Å². The molecule has 1 aliphatic carbocycles. The number of Topliss-reactive ketones (excluding diaryl/α,β-unsaturated/α-hetero) is 1. The average Bonchev–Trinajstić information content (AvgIpc) is 3.89. The number of ether oxygens (including phenoxy) is 5. The highest BCUT2D eigenvalue weighted by Gasteiger charge is 2.61. The minimum absolute atomic E-state index is 0.00489. The van der Waals surface area contributed by atoms with Crippen LogP contribution in [0.1, 0.15) is 93.4 Å². The first-order valence-corrected chi connectivity index (χ1v) is 22.3. The van der Waals surface area contributed by atoms with Crippen LogP contribution in [0.4, 0.5) is 10.5 Å². The third kappa shape index (κ3) is 10.3. The number of nitrogen functional groups attached to an aromatic ring is 1. The maximum absolute atomic E-state index is 14.5. The Bertz CT molecular complexity index is 1830. The number of benzene rings is 1. The van der Waals surface area contributed by atoms with Gasteiger partial charge in [0.25, 0.3) is 0 Å². The molecule has 2 aromatic rings. The normalized spacial score (nSPS) is 36.9. The Kier molecular flexibility index (Phi) is 14.9. The molecule has 4 N–H and O–H groups in total. The summed E-state index contributed by atoms with van der Waals surface area (Å²) >= 11 is 0. The van der Waals surface area contributed by atoms with Crippen molar-refractivity contribution < 1.29 is 43.2 Å². The van der Waals surface area contributed by atoms with E-state index in [2.05, 4.69) is 22.6 Å². The maximum Gasteiger partial charge on any atom is 0.410 e. The number of unbranched alkanes of at least 4 members (excludes halogenated alkanes) is 1. The maximum atomic E-state index is 14.5. The van der Waals surface area contributed by atoms with Gasteiger partial charge in [0, 0.05) is 49.5 Å². The van der Waals surface area contributed by atoms with Crippen LogP contribution in [0.2, 0.25) is 0 Å². The Labute approximate surface area is 361 Å². The third-order valence-corrected chi connectivity index (χ3v) is 13.7. The smallest absolute Gasteiger partial charge is 0.410 e. The zero-order chi connectivity index (χ0) is 44.4. The van der Waals surface area contributed by atoms with Crippen LogP contribution < -0.4 is 11.1 Å². The minimum Gasteiger partial charge on any atom is -0.458 e. The van der Waals surface area contributed by atoms with E-state index >= 15 is 0 Å². The van der Waals surface area contributed by atoms with Crippen molar-refractivity contribution in [3.05, 3.63) is 30.5 Å². The number of fused-ring (bicyclic) bond motifs is 1. The summed E-state index contributed by atoms with van der Waals surface area (Å²) in [7, 11) is 5.43. The van der Waals surface area contributed by atoms with Crippen LogP contribution in [-0.4, -0.2) is 142 Å². The number of nitrogens with two attached hydrogens (primary N) is 1. The summed E-state index contributed by atoms with van der Waals surface area (Å²) in [4.78, 5) is 46.5. The molecular weight excluding hydrogens is 783 g/mol. The quantitative estimate of drug-likeness (QED) is 0.115. The Morgan fingerprint density at radius 1 is 1.08 bits per heavy atom. The lowest BCUT2D eigenvalue weighted by atomic mass is 9.78. The molecular formula is C45H71N7O9. The molecule has 16 heteroatoms. The van der Waals surface area contributed by atoms with E-state index in [1.54, 1.807) is 25.6 Å². The lowest BCUT2D eigenvalue weighted by Crippen LogP contribution is -2.62. The van der Waals surface area contributed by atoms with E-state index in [4.69, 9.17) is 29.4 Å². The highest BCUT2D eigenvalue weighted by atomic mass is 16.7. The van der Waals surface area contributed by atoms with Crippen molar-refractivity contribution in [1.82, 2.24) is 30.1 Å². The van der Waals surface area contributed by atoms with Crippen molar-refractivity contribution >= 4 is 23.5 Å². The number of aryl methyl sites for hydroxylation is 1. The first kappa shape index (κ1) is 46.8. The molecule has 16 nitrogen and oxygen atoms in total. The number of likely N-dealkylation sites (N-methyl/N-ethyl adjacent to an activating group) is 1. The Balaban J connectivity index is 1.26. The Hall–Kier alpha value is -3.67. The van der Waals surface area contributed by atoms with Gasteiger partial charge < -0.3 is 44.7 Å². The molecule has 13 atom stereocenters. The van der Waals surface area contributed by atoms with Crippen LogP contribution in [0.5, 0.6) is 0 Å². The van der Waals surface area contributed by atoms with Crippen LogP contribution in [0.25, 0.3) is 11.3 Å². The number of rotatable bonds is 12. The van der Waals surface area contributed by atoms with Gasteiger partial charge in [0.05, 0.1) is 30.0 Å². The number of carbonyl (C=O) groups excluding carboxylic acids is 3. The molecule has 4 heterocycles. The molecule has 1 saturated carbocycles. The summed E-state index contributed by atoms with van der Waals surface area (Å²) in [6, 6.07) is 6.67. The van der Waals surface area contributed by atoms with Crippen LogP contribution >= 0.6 is 0 Å². The number of nitrogens with one attached hydrogen (secondary N) is 1. The van der Waals surface area contributed by atoms with Gasteiger partial charge in [0.2, 0.25) is 0 Å². The number of methoxy groups -OCH3 is 1. The zero-order valence-electron chi connectivity index (χ0n) is 37.9. The van der Waals surface area contributed by atoms with E-state index in [1.807, 2.05) is 82.1 Å². The van der Waals surface area contributed by atoms with E-state index < -0.39 is 65.7 Å². The van der Waals surface area contributed by atoms with Gasteiger partial charge in [0.1, 0.15) is 23.8 Å². The third-order valence-electron chi connectivity index (χ3n) is 13.7. The van der Waals surface area contributed by atoms with E-state index in [0.29, 0.717) is 51.0 Å². The number of aliphatic hydroxyl groups is 1. The predicted molar refractivity (Wildman–Crippen MR) is 229 cm³/mol. The fourth-order valence-electron chi connectivity index (χ4n) is 10.1. The van der Waals surface area contributed by atoms with Gasteiger partial charge >= 0.3 is 12.1 Å². The second kappa shape index (κ2) is 19.4. The highest BCUT2D eigenvalue weighted by molar-refractivity contribution is 6.00. The van der Waals surface area contributed by atoms with Gasteiger partial charge in [0.15, 0.2) is 17.7 Å². The standard InChI is InChI=1S/C45H71N7O9/c1-11-35-45(7)39(52(43(56)61-45)20-13-12-19-51-25-33(48-49-51)31-15-14-16-32(46)22-31)36(30-17-18-30)47-24-26(2)23-44(6,57-10)40(28(4)37(53)29(5)41(55)59-35)60-42-38(54)34(50(8)9)21-27(3)58-42/h14-16,22,25-30,34-36,38-40,42,47,54H,11-13,17-21,23-24,46H2,1-10H3/t26-,27-,28+,29-,34?,35-,36-,38-,39-,40-,42+,44-,45-/m1/s1. The van der Waals surface area contributed by atoms with Gasteiger partial charge in [-0.15, -0.1) is 5.10 Å². The average molecular weight is 854 g/mol. The van der Waals surface area contributed by atoms with Crippen molar-refractivity contribution in [2.75, 3.05) is 40.0 Å². The fraction of sp³-hybridized carbons (Fsp3) is 0.756. The minimum atomic E-state index is -1.21. The number of ketones is 1. The monoisotopic (exact) mass is 854 g/mol. The molecule has 3 saturated heterocycles. The van der Waals surface area contributed by atoms with Crippen molar-refractivity contribution in [3.63, 3.8) is 0 Å². The molecule has 1 amide bonds. The van der Waals surface area contributed by atoms with Crippen LogP contribution in [0.15, 0.2) is 30.5 Å². The lowest BCUT2D eigenvalue weighted by molar-refractivity contribution is -0.295. The fourth-order valence-corrected chi connectivity index (χ4v) is 10.1. The Morgan fingerprint density at radius 2 is 1.80 bits per heavy atom. The van der Waals surface area contributed by atoms with E-state index in [1.165, 1.54) is 0 Å². The number of anilines is 1. The second-order valence-electron chi connectivity index (χ2n) is 18.9. The number of nitrogens with zero attached hydrogens (tertiary/aromatic N) is 5. The highest BCUT2D eigenvalue weighted by Crippen LogP contribution is 2.45. The second-order valence-corrected chi connectivity index (χ2v) is 18.9.